The lowest BCUT2D eigenvalue weighted by Gasteiger charge is -2.33. The molecule has 10 heteroatoms. The molecule has 1 aliphatic rings. The van der Waals surface area contributed by atoms with E-state index in [9.17, 15) is 13.2 Å². The smallest absolute Gasteiger partial charge is 0.243 e. The highest BCUT2D eigenvalue weighted by molar-refractivity contribution is 7.89. The minimum absolute atomic E-state index is 0.0876. The van der Waals surface area contributed by atoms with E-state index < -0.39 is 10.0 Å². The molecule has 4 rings (SSSR count). The van der Waals surface area contributed by atoms with E-state index >= 15 is 0 Å². The molecule has 1 saturated heterocycles. The number of hydrogen-bond donors (Lipinski definition) is 1. The molecule has 0 spiro atoms. The monoisotopic (exact) mass is 510 g/mol. The molecule has 0 bridgehead atoms. The fraction of sp³-hybridized carbons (Fsp3) is 0.423. The second-order valence-electron chi connectivity index (χ2n) is 9.35. The van der Waals surface area contributed by atoms with E-state index in [-0.39, 0.29) is 10.7 Å². The maximum atomic E-state index is 13.1. The zero-order valence-electron chi connectivity index (χ0n) is 21.1. The molecule has 2 aromatic carbocycles. The summed E-state index contributed by atoms with van der Waals surface area (Å²) in [5, 5.41) is 4.47. The number of carbonyl (C=O) groups is 1. The average Bonchev–Trinajstić information content (AvgIpc) is 2.87. The van der Waals surface area contributed by atoms with Gasteiger partial charge in [0.25, 0.3) is 0 Å². The highest BCUT2D eigenvalue weighted by atomic mass is 32.2. The van der Waals surface area contributed by atoms with Crippen LogP contribution in [0.4, 0.5) is 5.82 Å². The number of anilines is 1. The van der Waals surface area contributed by atoms with Gasteiger partial charge in [-0.1, -0.05) is 24.3 Å². The lowest BCUT2D eigenvalue weighted by atomic mass is 10.2. The third-order valence-electron chi connectivity index (χ3n) is 6.32. The Kier molecular flexibility index (Phi) is 8.30. The van der Waals surface area contributed by atoms with Crippen molar-refractivity contribution in [3.05, 3.63) is 59.9 Å². The van der Waals surface area contributed by atoms with E-state index in [0.717, 1.165) is 42.1 Å². The zero-order chi connectivity index (χ0) is 25.7. The van der Waals surface area contributed by atoms with Gasteiger partial charge in [0.15, 0.2) is 5.78 Å². The predicted molar refractivity (Wildman–Crippen MR) is 142 cm³/mol. The van der Waals surface area contributed by atoms with Crippen molar-refractivity contribution in [1.29, 1.82) is 0 Å². The molecular formula is C26H34N6O3S. The Morgan fingerprint density at radius 1 is 1.00 bits per heavy atom. The topological polar surface area (TPSA) is 98.7 Å². The van der Waals surface area contributed by atoms with Crippen molar-refractivity contribution in [3.8, 4) is 0 Å². The Hall–Kier alpha value is -2.92. The first-order valence-corrected chi connectivity index (χ1v) is 13.7. The van der Waals surface area contributed by atoms with Crippen LogP contribution in [0, 0.1) is 0 Å². The molecule has 0 unspecified atom stereocenters. The Bertz CT molecular complexity index is 1300. The highest BCUT2D eigenvalue weighted by Gasteiger charge is 2.29. The van der Waals surface area contributed by atoms with E-state index in [0.29, 0.717) is 38.3 Å². The van der Waals surface area contributed by atoms with Crippen LogP contribution < -0.4 is 5.32 Å². The van der Waals surface area contributed by atoms with Gasteiger partial charge in [0.1, 0.15) is 11.6 Å². The Labute approximate surface area is 213 Å². The zero-order valence-corrected chi connectivity index (χ0v) is 22.0. The maximum Gasteiger partial charge on any atom is 0.243 e. The van der Waals surface area contributed by atoms with Crippen LogP contribution in [0.1, 0.15) is 29.5 Å². The van der Waals surface area contributed by atoms with Crippen molar-refractivity contribution in [2.24, 2.45) is 0 Å². The molecule has 0 aliphatic carbocycles. The van der Waals surface area contributed by atoms with Gasteiger partial charge < -0.3 is 10.2 Å². The average molecular weight is 511 g/mol. The van der Waals surface area contributed by atoms with Gasteiger partial charge in [-0.05, 0) is 58.3 Å². The number of piperazine rings is 1. The molecule has 1 aliphatic heterocycles. The predicted octanol–water partition coefficient (Wildman–Crippen LogP) is 2.70. The quantitative estimate of drug-likeness (QED) is 0.328. The number of nitrogens with zero attached hydrogens (tertiary/aromatic N) is 5. The van der Waals surface area contributed by atoms with Crippen LogP contribution in [0.2, 0.25) is 0 Å². The van der Waals surface area contributed by atoms with Gasteiger partial charge in [-0.2, -0.15) is 4.31 Å². The second-order valence-corrected chi connectivity index (χ2v) is 11.3. The number of Topliss-reactive ketones (excluding diaryl/α,β-unsaturated/α-hetero) is 1. The Balaban J connectivity index is 1.41. The summed E-state index contributed by atoms with van der Waals surface area (Å²) in [4.78, 5) is 25.6. The van der Waals surface area contributed by atoms with Gasteiger partial charge in [-0.15, -0.1) is 0 Å². The maximum absolute atomic E-state index is 13.1. The summed E-state index contributed by atoms with van der Waals surface area (Å²) < 4.78 is 27.7. The van der Waals surface area contributed by atoms with Gasteiger partial charge in [-0.25, -0.2) is 18.4 Å². The largest absolute Gasteiger partial charge is 0.369 e. The number of ketones is 1. The number of carbonyl (C=O) groups excluding carboxylic acids is 1. The number of hydrogen-bond acceptors (Lipinski definition) is 8. The number of aromatic nitrogens is 2. The molecule has 3 aromatic rings. The lowest BCUT2D eigenvalue weighted by molar-refractivity contribution is 0.101. The summed E-state index contributed by atoms with van der Waals surface area (Å²) in [6.07, 6.45) is 1.01. The Morgan fingerprint density at radius 2 is 1.69 bits per heavy atom. The van der Waals surface area contributed by atoms with Crippen molar-refractivity contribution in [3.63, 3.8) is 0 Å². The van der Waals surface area contributed by atoms with Gasteiger partial charge in [0.05, 0.1) is 17.0 Å². The molecule has 9 nitrogen and oxygen atoms in total. The van der Waals surface area contributed by atoms with Crippen molar-refractivity contribution >= 4 is 32.5 Å². The van der Waals surface area contributed by atoms with Crippen LogP contribution in [0.15, 0.2) is 53.4 Å². The van der Waals surface area contributed by atoms with Gasteiger partial charge >= 0.3 is 0 Å². The summed E-state index contributed by atoms with van der Waals surface area (Å²) in [5.74, 6) is 1.47. The van der Waals surface area contributed by atoms with Crippen LogP contribution in [0.25, 0.3) is 10.9 Å². The van der Waals surface area contributed by atoms with E-state index in [4.69, 9.17) is 9.97 Å². The molecule has 0 amide bonds. The van der Waals surface area contributed by atoms with Crippen LogP contribution in [0.5, 0.6) is 0 Å². The van der Waals surface area contributed by atoms with E-state index in [1.54, 1.807) is 12.1 Å². The summed E-state index contributed by atoms with van der Waals surface area (Å²) in [5.41, 5.74) is 1.40. The highest BCUT2D eigenvalue weighted by Crippen LogP contribution is 2.22. The molecule has 2 heterocycles. The van der Waals surface area contributed by atoms with E-state index in [1.165, 1.54) is 23.4 Å². The summed E-state index contributed by atoms with van der Waals surface area (Å²) in [6.45, 7) is 5.79. The first-order chi connectivity index (χ1) is 17.2. The van der Waals surface area contributed by atoms with Crippen LogP contribution in [0.3, 0.4) is 0 Å². The molecule has 1 fully saturated rings. The lowest BCUT2D eigenvalue weighted by Crippen LogP contribution is -2.48. The molecule has 0 saturated carbocycles. The van der Waals surface area contributed by atoms with Crippen LogP contribution >= 0.6 is 0 Å². The first-order valence-electron chi connectivity index (χ1n) is 12.2. The number of nitrogens with one attached hydrogen (secondary N) is 1. The summed E-state index contributed by atoms with van der Waals surface area (Å²) in [6, 6.07) is 14.1. The molecule has 0 atom stereocenters. The number of rotatable bonds is 10. The fourth-order valence-electron chi connectivity index (χ4n) is 4.27. The minimum Gasteiger partial charge on any atom is -0.369 e. The normalized spacial score (nSPS) is 15.4. The molecule has 1 N–H and O–H groups in total. The molecule has 36 heavy (non-hydrogen) atoms. The number of benzene rings is 2. The number of fused-ring (bicyclic) bond motifs is 1. The minimum atomic E-state index is -3.60. The molecular weight excluding hydrogens is 476 g/mol. The molecule has 1 aromatic heterocycles. The van der Waals surface area contributed by atoms with Crippen molar-refractivity contribution in [1.82, 2.24) is 24.1 Å². The van der Waals surface area contributed by atoms with E-state index in [2.05, 4.69) is 29.2 Å². The Morgan fingerprint density at radius 3 is 2.36 bits per heavy atom. The van der Waals surface area contributed by atoms with Crippen molar-refractivity contribution < 1.29 is 13.2 Å². The van der Waals surface area contributed by atoms with Crippen LogP contribution in [-0.2, 0) is 16.6 Å². The standard InChI is InChI=1S/C26H34N6O3S/c1-20(33)21-9-11-22(12-10-21)36(34,35)32-17-15-31(16-18-32)19-25-28-24-8-5-4-7-23(24)26(29-25)27-13-6-14-30(2)3/h4-5,7-12H,6,13-19H2,1-3H3,(H,27,28,29). The van der Waals surface area contributed by atoms with Crippen molar-refractivity contribution in [2.75, 3.05) is 58.7 Å². The molecule has 0 radical (unpaired) electrons. The third kappa shape index (κ3) is 6.25. The number of sulfonamides is 1. The number of para-hydroxylation sites is 1. The van der Waals surface area contributed by atoms with E-state index in [1.807, 2.05) is 24.3 Å². The SMILES string of the molecule is CC(=O)c1ccc(S(=O)(=O)N2CCN(Cc3nc(NCCCN(C)C)c4ccccc4n3)CC2)cc1. The second kappa shape index (κ2) is 11.4. The van der Waals surface area contributed by atoms with Gasteiger partial charge in [-0.3, -0.25) is 9.69 Å². The van der Waals surface area contributed by atoms with Crippen molar-refractivity contribution in [2.45, 2.75) is 24.8 Å². The van der Waals surface area contributed by atoms with Gasteiger partial charge in [0, 0.05) is 43.7 Å². The molecule has 192 valence electrons. The summed E-state index contributed by atoms with van der Waals surface area (Å²) >= 11 is 0. The first kappa shape index (κ1) is 26.2. The fourth-order valence-corrected chi connectivity index (χ4v) is 5.69. The third-order valence-corrected chi connectivity index (χ3v) is 8.23. The van der Waals surface area contributed by atoms with Crippen LogP contribution in [-0.4, -0.2) is 91.6 Å². The van der Waals surface area contributed by atoms with Gasteiger partial charge in [0.2, 0.25) is 10.0 Å². The summed E-state index contributed by atoms with van der Waals surface area (Å²) in [7, 11) is 0.521.